The van der Waals surface area contributed by atoms with E-state index >= 15 is 0 Å². The maximum absolute atomic E-state index is 6.36. The van der Waals surface area contributed by atoms with Crippen LogP contribution in [0.5, 0.6) is 5.75 Å². The molecule has 0 spiro atoms. The molecule has 1 nitrogen and oxygen atoms in total. The molecule has 134 valence electrons. The lowest BCUT2D eigenvalue weighted by Gasteiger charge is -2.29. The van der Waals surface area contributed by atoms with Gasteiger partial charge in [0, 0.05) is 10.9 Å². The van der Waals surface area contributed by atoms with Crippen LogP contribution in [0.25, 0.3) is 16.3 Å². The third kappa shape index (κ3) is 3.01. The van der Waals surface area contributed by atoms with Gasteiger partial charge in [0.05, 0.1) is 5.02 Å². The first-order chi connectivity index (χ1) is 13.2. The highest BCUT2D eigenvalue weighted by atomic mass is 79.9. The molecule has 0 saturated carbocycles. The Hall–Kier alpha value is -2.03. The zero-order valence-electron chi connectivity index (χ0n) is 14.7. The first-order valence-corrected chi connectivity index (χ1v) is 10.4. The largest absolute Gasteiger partial charge is 0.484 e. The zero-order chi connectivity index (χ0) is 18.4. The minimum absolute atomic E-state index is 0.0255. The highest BCUT2D eigenvalue weighted by molar-refractivity contribution is 9.10. The number of ether oxygens (including phenoxy) is 1. The van der Waals surface area contributed by atoms with E-state index in [1.807, 2.05) is 18.2 Å². The molecule has 0 radical (unpaired) electrons. The normalized spacial score (nSPS) is 18.4. The molecule has 0 amide bonds. The molecule has 2 aliphatic rings. The fraction of sp³-hybridized carbons (Fsp3) is 0.167. The topological polar surface area (TPSA) is 9.23 Å². The van der Waals surface area contributed by atoms with Crippen LogP contribution >= 0.6 is 27.5 Å². The molecule has 5 rings (SSSR count). The fourth-order valence-electron chi connectivity index (χ4n) is 4.21. The Morgan fingerprint density at radius 1 is 0.963 bits per heavy atom. The van der Waals surface area contributed by atoms with Crippen LogP contribution in [0.2, 0.25) is 5.02 Å². The number of halogens is 2. The Labute approximate surface area is 172 Å². The maximum atomic E-state index is 6.36. The van der Waals surface area contributed by atoms with E-state index in [1.54, 1.807) is 0 Å². The zero-order valence-corrected chi connectivity index (χ0v) is 17.1. The molecule has 3 aromatic rings. The van der Waals surface area contributed by atoms with Gasteiger partial charge in [-0.15, -0.1) is 0 Å². The summed E-state index contributed by atoms with van der Waals surface area (Å²) >= 11 is 9.83. The van der Waals surface area contributed by atoms with Crippen molar-refractivity contribution in [2.75, 3.05) is 0 Å². The van der Waals surface area contributed by atoms with Gasteiger partial charge in [0.25, 0.3) is 0 Å². The molecule has 1 atom stereocenters. The van der Waals surface area contributed by atoms with Gasteiger partial charge in [-0.3, -0.25) is 0 Å². The van der Waals surface area contributed by atoms with Gasteiger partial charge in [0.2, 0.25) is 0 Å². The Morgan fingerprint density at radius 3 is 2.78 bits per heavy atom. The van der Waals surface area contributed by atoms with Crippen LogP contribution in [-0.4, -0.2) is 6.10 Å². The SMILES string of the molecule is Clc1c(Br)cccc1OC1C=CC2=C(CCc3c2ccc2ccccc32)C1. The number of benzene rings is 3. The Bertz CT molecular complexity index is 1110. The summed E-state index contributed by atoms with van der Waals surface area (Å²) in [5, 5.41) is 3.34. The standard InChI is InChI=1S/C24H18BrClO/c25-22-6-3-7-23(24(22)26)27-17-10-13-19-16(14-17)9-12-20-18-5-2-1-4-15(18)8-11-21(19)20/h1-8,10-11,13,17H,9,12,14H2. The lowest BCUT2D eigenvalue weighted by atomic mass is 9.79. The third-order valence-electron chi connectivity index (χ3n) is 5.51. The van der Waals surface area contributed by atoms with Crippen LogP contribution < -0.4 is 4.74 Å². The predicted molar refractivity (Wildman–Crippen MR) is 117 cm³/mol. The summed E-state index contributed by atoms with van der Waals surface area (Å²) in [7, 11) is 0. The molecule has 27 heavy (non-hydrogen) atoms. The second-order valence-electron chi connectivity index (χ2n) is 7.10. The molecule has 0 saturated heterocycles. The van der Waals surface area contributed by atoms with Crippen molar-refractivity contribution in [3.05, 3.63) is 92.9 Å². The average Bonchev–Trinajstić information content (AvgIpc) is 2.71. The second kappa shape index (κ2) is 6.85. The van der Waals surface area contributed by atoms with Gasteiger partial charge < -0.3 is 4.74 Å². The van der Waals surface area contributed by atoms with Crippen LogP contribution in [0.1, 0.15) is 24.0 Å². The molecule has 0 heterocycles. The number of aryl methyl sites for hydroxylation is 1. The summed E-state index contributed by atoms with van der Waals surface area (Å²) in [5.74, 6) is 0.729. The van der Waals surface area contributed by atoms with E-state index in [2.05, 4.69) is 64.5 Å². The number of hydrogen-bond acceptors (Lipinski definition) is 1. The average molecular weight is 438 g/mol. The molecular formula is C24H18BrClO. The van der Waals surface area contributed by atoms with E-state index in [0.717, 1.165) is 29.5 Å². The van der Waals surface area contributed by atoms with Gasteiger partial charge in [0.1, 0.15) is 11.9 Å². The first kappa shape index (κ1) is 17.1. The van der Waals surface area contributed by atoms with E-state index in [0.29, 0.717) is 5.02 Å². The number of hydrogen-bond donors (Lipinski definition) is 0. The summed E-state index contributed by atoms with van der Waals surface area (Å²) in [6.45, 7) is 0. The monoisotopic (exact) mass is 436 g/mol. The van der Waals surface area contributed by atoms with Gasteiger partial charge in [-0.1, -0.05) is 65.7 Å². The Balaban J connectivity index is 1.46. The summed E-state index contributed by atoms with van der Waals surface area (Å²) in [6, 6.07) is 19.0. The molecule has 3 aromatic carbocycles. The molecule has 0 aliphatic heterocycles. The van der Waals surface area contributed by atoms with E-state index < -0.39 is 0 Å². The lowest BCUT2D eigenvalue weighted by molar-refractivity contribution is 0.247. The van der Waals surface area contributed by atoms with Gasteiger partial charge in [-0.2, -0.15) is 0 Å². The van der Waals surface area contributed by atoms with Gasteiger partial charge in [0.15, 0.2) is 0 Å². The van der Waals surface area contributed by atoms with Gasteiger partial charge in [-0.25, -0.2) is 0 Å². The maximum Gasteiger partial charge on any atom is 0.139 e. The summed E-state index contributed by atoms with van der Waals surface area (Å²) in [6.07, 6.45) is 7.53. The van der Waals surface area contributed by atoms with Crippen molar-refractivity contribution in [2.24, 2.45) is 0 Å². The molecule has 0 aromatic heterocycles. The molecule has 3 heteroatoms. The molecular weight excluding hydrogens is 420 g/mol. The van der Waals surface area contributed by atoms with Crippen molar-refractivity contribution < 1.29 is 4.74 Å². The molecule has 0 fully saturated rings. The first-order valence-electron chi connectivity index (χ1n) is 9.22. The van der Waals surface area contributed by atoms with Crippen molar-refractivity contribution in [3.63, 3.8) is 0 Å². The number of rotatable bonds is 2. The van der Waals surface area contributed by atoms with Crippen LogP contribution in [-0.2, 0) is 6.42 Å². The number of allylic oxidation sites excluding steroid dienone is 2. The summed E-state index contributed by atoms with van der Waals surface area (Å²) in [4.78, 5) is 0. The molecule has 1 unspecified atom stereocenters. The van der Waals surface area contributed by atoms with Crippen molar-refractivity contribution in [3.8, 4) is 5.75 Å². The van der Waals surface area contributed by atoms with Crippen molar-refractivity contribution in [1.82, 2.24) is 0 Å². The van der Waals surface area contributed by atoms with Crippen LogP contribution in [0.4, 0.5) is 0 Å². The quantitative estimate of drug-likeness (QED) is 0.407. The summed E-state index contributed by atoms with van der Waals surface area (Å²) in [5.41, 5.74) is 5.72. The minimum Gasteiger partial charge on any atom is -0.484 e. The second-order valence-corrected chi connectivity index (χ2v) is 8.33. The van der Waals surface area contributed by atoms with Crippen molar-refractivity contribution in [1.29, 1.82) is 0 Å². The van der Waals surface area contributed by atoms with Crippen LogP contribution in [0.15, 0.2) is 76.8 Å². The highest BCUT2D eigenvalue weighted by Crippen LogP contribution is 2.41. The molecule has 2 aliphatic carbocycles. The van der Waals surface area contributed by atoms with E-state index in [-0.39, 0.29) is 6.10 Å². The predicted octanol–water partition coefficient (Wildman–Crippen LogP) is 7.36. The fourth-order valence-corrected chi connectivity index (χ4v) is 4.73. The highest BCUT2D eigenvalue weighted by Gasteiger charge is 2.25. The number of fused-ring (bicyclic) bond motifs is 4. The van der Waals surface area contributed by atoms with Gasteiger partial charge >= 0.3 is 0 Å². The Morgan fingerprint density at radius 2 is 1.85 bits per heavy atom. The van der Waals surface area contributed by atoms with Crippen LogP contribution in [0, 0.1) is 0 Å². The van der Waals surface area contributed by atoms with Crippen molar-refractivity contribution >= 4 is 43.9 Å². The summed E-state index contributed by atoms with van der Waals surface area (Å²) < 4.78 is 7.05. The lowest BCUT2D eigenvalue weighted by Crippen LogP contribution is -2.20. The van der Waals surface area contributed by atoms with Crippen molar-refractivity contribution in [2.45, 2.75) is 25.4 Å². The third-order valence-corrected chi connectivity index (χ3v) is 6.79. The minimum atomic E-state index is 0.0255. The molecule has 0 bridgehead atoms. The van der Waals surface area contributed by atoms with Crippen LogP contribution in [0.3, 0.4) is 0 Å². The smallest absolute Gasteiger partial charge is 0.139 e. The van der Waals surface area contributed by atoms with E-state index in [9.17, 15) is 0 Å². The Kier molecular flexibility index (Phi) is 4.34. The van der Waals surface area contributed by atoms with E-state index in [1.165, 1.54) is 33.0 Å². The molecule has 0 N–H and O–H groups in total. The van der Waals surface area contributed by atoms with Gasteiger partial charge in [-0.05, 0) is 74.5 Å². The van der Waals surface area contributed by atoms with E-state index in [4.69, 9.17) is 16.3 Å².